The molecular weight excluding hydrogens is 426 g/mol. The Morgan fingerprint density at radius 1 is 1.16 bits per heavy atom. The van der Waals surface area contributed by atoms with Gasteiger partial charge in [-0.15, -0.1) is 6.58 Å². The number of nitrogens with zero attached hydrogens (tertiary/aromatic N) is 4. The molecule has 3 heterocycles. The summed E-state index contributed by atoms with van der Waals surface area (Å²) >= 11 is 6.06. The fourth-order valence-corrected chi connectivity index (χ4v) is 4.90. The molecule has 0 spiro atoms. The second-order valence-electron chi connectivity index (χ2n) is 8.84. The van der Waals surface area contributed by atoms with Crippen LogP contribution in [0.2, 0.25) is 5.02 Å². The second kappa shape index (κ2) is 10.1. The predicted molar refractivity (Wildman–Crippen MR) is 128 cm³/mol. The Labute approximate surface area is 194 Å². The Kier molecular flexibility index (Phi) is 7.18. The van der Waals surface area contributed by atoms with E-state index in [0.717, 1.165) is 37.1 Å². The van der Waals surface area contributed by atoms with Crippen LogP contribution in [-0.2, 0) is 4.79 Å². The van der Waals surface area contributed by atoms with Crippen molar-refractivity contribution in [2.45, 2.75) is 18.9 Å². The van der Waals surface area contributed by atoms with Crippen molar-refractivity contribution in [3.63, 3.8) is 0 Å². The van der Waals surface area contributed by atoms with Gasteiger partial charge in [-0.25, -0.2) is 0 Å². The molecule has 2 saturated heterocycles. The monoisotopic (exact) mass is 457 g/mol. The number of carbonyl (C=O) groups is 2. The van der Waals surface area contributed by atoms with Gasteiger partial charge < -0.3 is 19.7 Å². The molecule has 4 rings (SSSR count). The normalized spacial score (nSPS) is 18.8. The predicted octanol–water partition coefficient (Wildman–Crippen LogP) is 2.69. The number of aromatic nitrogens is 1. The summed E-state index contributed by atoms with van der Waals surface area (Å²) in [6.45, 7) is 9.64. The van der Waals surface area contributed by atoms with E-state index in [1.54, 1.807) is 23.1 Å². The van der Waals surface area contributed by atoms with Gasteiger partial charge in [0.05, 0.1) is 0 Å². The van der Waals surface area contributed by atoms with Crippen LogP contribution in [0, 0.1) is 0 Å². The van der Waals surface area contributed by atoms with Crippen molar-refractivity contribution in [3.05, 3.63) is 47.6 Å². The molecule has 2 aliphatic heterocycles. The van der Waals surface area contributed by atoms with Crippen molar-refractivity contribution in [1.82, 2.24) is 24.6 Å². The molecule has 7 nitrogen and oxygen atoms in total. The van der Waals surface area contributed by atoms with Crippen LogP contribution in [0.4, 0.5) is 0 Å². The molecule has 2 aromatic rings. The van der Waals surface area contributed by atoms with E-state index in [1.807, 2.05) is 17.0 Å². The number of hydrogen-bond acceptors (Lipinski definition) is 4. The SMILES string of the molecule is C=CCN(CC(=O)N1CCN(C2CCN(C)CC2)CC1)C(=O)c1cc2cc(Cl)ccc2[nH]1. The molecule has 2 amide bonds. The Balaban J connectivity index is 1.35. The fraction of sp³-hybridized carbons (Fsp3) is 0.500. The van der Waals surface area contributed by atoms with Crippen molar-refractivity contribution >= 4 is 34.3 Å². The third-order valence-corrected chi connectivity index (χ3v) is 6.88. The van der Waals surface area contributed by atoms with Gasteiger partial charge in [0, 0.05) is 54.7 Å². The summed E-state index contributed by atoms with van der Waals surface area (Å²) < 4.78 is 0. The summed E-state index contributed by atoms with van der Waals surface area (Å²) in [5, 5.41) is 1.49. The molecule has 172 valence electrons. The van der Waals surface area contributed by atoms with Crippen LogP contribution in [0.25, 0.3) is 10.9 Å². The van der Waals surface area contributed by atoms with Gasteiger partial charge in [-0.3, -0.25) is 14.5 Å². The van der Waals surface area contributed by atoms with E-state index < -0.39 is 0 Å². The maximum absolute atomic E-state index is 13.1. The molecule has 2 fully saturated rings. The fourth-order valence-electron chi connectivity index (χ4n) is 4.72. The number of aromatic amines is 1. The first-order chi connectivity index (χ1) is 15.4. The molecule has 0 bridgehead atoms. The van der Waals surface area contributed by atoms with Crippen molar-refractivity contribution in [2.75, 3.05) is 59.4 Å². The number of fused-ring (bicyclic) bond motifs is 1. The average Bonchev–Trinajstić information content (AvgIpc) is 3.22. The molecule has 2 aliphatic rings. The van der Waals surface area contributed by atoms with E-state index in [4.69, 9.17) is 11.6 Å². The van der Waals surface area contributed by atoms with Crippen molar-refractivity contribution in [2.24, 2.45) is 0 Å². The maximum Gasteiger partial charge on any atom is 0.271 e. The van der Waals surface area contributed by atoms with E-state index in [1.165, 1.54) is 12.8 Å². The number of benzene rings is 1. The van der Waals surface area contributed by atoms with Crippen LogP contribution in [0.3, 0.4) is 0 Å². The highest BCUT2D eigenvalue weighted by molar-refractivity contribution is 6.31. The number of piperazine rings is 1. The van der Waals surface area contributed by atoms with Gasteiger partial charge in [-0.1, -0.05) is 17.7 Å². The zero-order valence-corrected chi connectivity index (χ0v) is 19.5. The first-order valence-electron chi connectivity index (χ1n) is 11.3. The van der Waals surface area contributed by atoms with E-state index >= 15 is 0 Å². The van der Waals surface area contributed by atoms with Gasteiger partial charge in [0.1, 0.15) is 12.2 Å². The maximum atomic E-state index is 13.1. The molecule has 0 unspecified atom stereocenters. The minimum absolute atomic E-state index is 0.0117. The summed E-state index contributed by atoms with van der Waals surface area (Å²) in [7, 11) is 2.17. The highest BCUT2D eigenvalue weighted by Crippen LogP contribution is 2.21. The van der Waals surface area contributed by atoms with Crippen LogP contribution in [0.1, 0.15) is 23.3 Å². The van der Waals surface area contributed by atoms with Crippen molar-refractivity contribution < 1.29 is 9.59 Å². The Morgan fingerprint density at radius 3 is 2.56 bits per heavy atom. The van der Waals surface area contributed by atoms with Crippen LogP contribution in [0.5, 0.6) is 0 Å². The zero-order valence-electron chi connectivity index (χ0n) is 18.7. The lowest BCUT2D eigenvalue weighted by Crippen LogP contribution is -2.55. The summed E-state index contributed by atoms with van der Waals surface area (Å²) in [5.41, 5.74) is 1.29. The average molecular weight is 458 g/mol. The molecule has 1 aromatic carbocycles. The summed E-state index contributed by atoms with van der Waals surface area (Å²) in [6.07, 6.45) is 4.05. The molecule has 0 aliphatic carbocycles. The van der Waals surface area contributed by atoms with E-state index in [0.29, 0.717) is 36.4 Å². The smallest absolute Gasteiger partial charge is 0.271 e. The highest BCUT2D eigenvalue weighted by Gasteiger charge is 2.29. The van der Waals surface area contributed by atoms with Gasteiger partial charge in [0.15, 0.2) is 0 Å². The van der Waals surface area contributed by atoms with Crippen LogP contribution < -0.4 is 0 Å². The number of rotatable bonds is 6. The van der Waals surface area contributed by atoms with Crippen LogP contribution >= 0.6 is 11.6 Å². The third kappa shape index (κ3) is 5.17. The standard InChI is InChI=1S/C24H32ClN5O2/c1-3-8-30(24(32)22-16-18-15-19(25)4-5-21(18)26-22)17-23(31)29-13-11-28(12-14-29)20-6-9-27(2)10-7-20/h3-5,15-16,20,26H,1,6-14,17H2,2H3. The third-order valence-electron chi connectivity index (χ3n) is 6.65. The summed E-state index contributed by atoms with van der Waals surface area (Å²) in [6, 6.07) is 7.85. The lowest BCUT2D eigenvalue weighted by molar-refractivity contribution is -0.134. The number of carbonyl (C=O) groups excluding carboxylic acids is 2. The molecule has 0 atom stereocenters. The van der Waals surface area contributed by atoms with Crippen LogP contribution in [0.15, 0.2) is 36.9 Å². The lowest BCUT2D eigenvalue weighted by atomic mass is 10.0. The number of halogens is 1. The molecule has 0 radical (unpaired) electrons. The van der Waals surface area contributed by atoms with E-state index in [2.05, 4.69) is 28.4 Å². The molecule has 8 heteroatoms. The minimum atomic E-state index is -0.212. The molecular formula is C24H32ClN5O2. The number of H-pyrrole nitrogens is 1. The van der Waals surface area contributed by atoms with E-state index in [9.17, 15) is 9.59 Å². The number of likely N-dealkylation sites (tertiary alicyclic amines) is 1. The zero-order chi connectivity index (χ0) is 22.7. The summed E-state index contributed by atoms with van der Waals surface area (Å²) in [5.74, 6) is -0.224. The number of piperidine rings is 1. The van der Waals surface area contributed by atoms with Gasteiger partial charge in [-0.2, -0.15) is 0 Å². The van der Waals surface area contributed by atoms with E-state index in [-0.39, 0.29) is 18.4 Å². The molecule has 1 aromatic heterocycles. The van der Waals surface area contributed by atoms with Crippen molar-refractivity contribution in [3.8, 4) is 0 Å². The van der Waals surface area contributed by atoms with Gasteiger partial charge in [0.2, 0.25) is 5.91 Å². The Hall–Kier alpha value is -2.35. The first-order valence-corrected chi connectivity index (χ1v) is 11.7. The minimum Gasteiger partial charge on any atom is -0.351 e. The number of amides is 2. The second-order valence-corrected chi connectivity index (χ2v) is 9.28. The first kappa shape index (κ1) is 22.8. The van der Waals surface area contributed by atoms with Crippen LogP contribution in [-0.4, -0.2) is 102 Å². The number of hydrogen-bond donors (Lipinski definition) is 1. The topological polar surface area (TPSA) is 62.9 Å². The largest absolute Gasteiger partial charge is 0.351 e. The summed E-state index contributed by atoms with van der Waals surface area (Å²) in [4.78, 5) is 37.6. The van der Waals surface area contributed by atoms with Crippen molar-refractivity contribution in [1.29, 1.82) is 0 Å². The van der Waals surface area contributed by atoms with Gasteiger partial charge >= 0.3 is 0 Å². The van der Waals surface area contributed by atoms with Gasteiger partial charge in [-0.05, 0) is 57.2 Å². The quantitative estimate of drug-likeness (QED) is 0.677. The molecule has 1 N–H and O–H groups in total. The van der Waals surface area contributed by atoms with Gasteiger partial charge in [0.25, 0.3) is 5.91 Å². The lowest BCUT2D eigenvalue weighted by Gasteiger charge is -2.42. The Morgan fingerprint density at radius 2 is 1.88 bits per heavy atom. The molecule has 32 heavy (non-hydrogen) atoms. The Bertz CT molecular complexity index is 974. The highest BCUT2D eigenvalue weighted by atomic mass is 35.5. The molecule has 0 saturated carbocycles. The number of nitrogens with one attached hydrogen (secondary N) is 1.